The molecule has 0 atom stereocenters. The van der Waals surface area contributed by atoms with Crippen LogP contribution in [0.2, 0.25) is 0 Å². The predicted molar refractivity (Wildman–Crippen MR) is 94.7 cm³/mol. The second kappa shape index (κ2) is 7.37. The summed E-state index contributed by atoms with van der Waals surface area (Å²) >= 11 is 0. The molecule has 0 saturated carbocycles. The largest absolute Gasteiger partial charge is 0.308 e. The number of nitrogens with one attached hydrogen (secondary N) is 1. The van der Waals surface area contributed by atoms with Gasteiger partial charge < -0.3 is 5.32 Å². The highest BCUT2D eigenvalue weighted by atomic mass is 35.5. The summed E-state index contributed by atoms with van der Waals surface area (Å²) in [6.07, 6.45) is 8.82. The molecule has 0 spiro atoms. The zero-order valence-corrected chi connectivity index (χ0v) is 14.4. The van der Waals surface area contributed by atoms with E-state index in [1.54, 1.807) is 15.5 Å². The summed E-state index contributed by atoms with van der Waals surface area (Å²) in [6, 6.07) is 5.90. The monoisotopic (exact) mass is 356 g/mol. The molecule has 0 amide bonds. The maximum absolute atomic E-state index is 4.40. The van der Waals surface area contributed by atoms with Crippen molar-refractivity contribution in [2.24, 2.45) is 0 Å². The topological polar surface area (TPSA) is 85.8 Å². The fraction of sp³-hybridized carbons (Fsp3) is 0.188. The first kappa shape index (κ1) is 17.0. The van der Waals surface area contributed by atoms with Crippen LogP contribution >= 0.6 is 12.4 Å². The van der Waals surface area contributed by atoms with E-state index in [4.69, 9.17) is 0 Å². The molecule has 4 aromatic rings. The minimum atomic E-state index is 0. The Morgan fingerprint density at radius 3 is 2.68 bits per heavy atom. The number of aryl methyl sites for hydroxylation is 1. The Kier molecular flexibility index (Phi) is 5.01. The molecule has 25 heavy (non-hydrogen) atoms. The van der Waals surface area contributed by atoms with Crippen LogP contribution < -0.4 is 5.32 Å². The summed E-state index contributed by atoms with van der Waals surface area (Å²) in [7, 11) is 0. The average molecular weight is 357 g/mol. The standard InChI is InChI=1S/C16H16N8.ClH/c1-12-4-16-20-8-14(9-23(16)22-12)6-17-5-13-2-3-15(19-7-13)24-11-18-10-21-24;/h2-4,7-11,17H,5-6H2,1H3;1H. The van der Waals surface area contributed by atoms with Gasteiger partial charge in [0.2, 0.25) is 0 Å². The van der Waals surface area contributed by atoms with Gasteiger partial charge in [-0.2, -0.15) is 10.2 Å². The van der Waals surface area contributed by atoms with Crippen LogP contribution in [0.1, 0.15) is 16.8 Å². The van der Waals surface area contributed by atoms with Gasteiger partial charge in [0.15, 0.2) is 11.5 Å². The van der Waals surface area contributed by atoms with E-state index in [9.17, 15) is 0 Å². The van der Waals surface area contributed by atoms with Crippen molar-refractivity contribution in [2.45, 2.75) is 20.0 Å². The van der Waals surface area contributed by atoms with E-state index in [0.29, 0.717) is 6.54 Å². The molecule has 0 fully saturated rings. The zero-order valence-electron chi connectivity index (χ0n) is 13.6. The molecule has 0 aliphatic carbocycles. The fourth-order valence-corrected chi connectivity index (χ4v) is 2.46. The first-order valence-corrected chi connectivity index (χ1v) is 7.59. The van der Waals surface area contributed by atoms with Crippen LogP contribution in [0.15, 0.2) is 49.4 Å². The van der Waals surface area contributed by atoms with E-state index in [2.05, 4.69) is 30.5 Å². The van der Waals surface area contributed by atoms with Gasteiger partial charge in [-0.15, -0.1) is 12.4 Å². The molecule has 4 rings (SSSR count). The smallest absolute Gasteiger partial charge is 0.155 e. The Hall–Kier alpha value is -2.84. The van der Waals surface area contributed by atoms with E-state index in [1.807, 2.05) is 43.7 Å². The van der Waals surface area contributed by atoms with Crippen LogP contribution in [0, 0.1) is 6.92 Å². The lowest BCUT2D eigenvalue weighted by Gasteiger charge is -2.06. The fourth-order valence-electron chi connectivity index (χ4n) is 2.46. The highest BCUT2D eigenvalue weighted by Gasteiger charge is 2.02. The molecule has 0 aromatic carbocycles. The Balaban J connectivity index is 0.00000182. The molecule has 0 aliphatic rings. The van der Waals surface area contributed by atoms with E-state index in [1.165, 1.54) is 6.33 Å². The van der Waals surface area contributed by atoms with Crippen LogP contribution in [0.25, 0.3) is 11.5 Å². The number of pyridine rings is 1. The molecule has 0 aliphatic heterocycles. The third-order valence-corrected chi connectivity index (χ3v) is 3.61. The summed E-state index contributed by atoms with van der Waals surface area (Å²) in [6.45, 7) is 3.40. The zero-order chi connectivity index (χ0) is 16.4. The van der Waals surface area contributed by atoms with Gasteiger partial charge in [-0.25, -0.2) is 24.1 Å². The second-order valence-corrected chi connectivity index (χ2v) is 5.52. The van der Waals surface area contributed by atoms with E-state index < -0.39 is 0 Å². The third kappa shape index (κ3) is 3.81. The number of rotatable bonds is 5. The molecule has 128 valence electrons. The maximum Gasteiger partial charge on any atom is 0.155 e. The first-order chi connectivity index (χ1) is 11.8. The highest BCUT2D eigenvalue weighted by Crippen LogP contribution is 2.06. The van der Waals surface area contributed by atoms with Crippen LogP contribution in [0.5, 0.6) is 0 Å². The molecule has 0 saturated heterocycles. The average Bonchev–Trinajstić information content (AvgIpc) is 3.24. The van der Waals surface area contributed by atoms with Gasteiger partial charge in [0.1, 0.15) is 12.7 Å². The first-order valence-electron chi connectivity index (χ1n) is 7.59. The van der Waals surface area contributed by atoms with Crippen molar-refractivity contribution in [1.82, 2.24) is 39.7 Å². The van der Waals surface area contributed by atoms with E-state index >= 15 is 0 Å². The number of fused-ring (bicyclic) bond motifs is 1. The highest BCUT2D eigenvalue weighted by molar-refractivity contribution is 5.85. The lowest BCUT2D eigenvalue weighted by molar-refractivity contribution is 0.682. The quantitative estimate of drug-likeness (QED) is 0.586. The second-order valence-electron chi connectivity index (χ2n) is 5.52. The molecule has 0 bridgehead atoms. The predicted octanol–water partition coefficient (Wildman–Crippen LogP) is 1.73. The van der Waals surface area contributed by atoms with Gasteiger partial charge >= 0.3 is 0 Å². The Labute approximate surface area is 150 Å². The molecular weight excluding hydrogens is 340 g/mol. The summed E-state index contributed by atoms with van der Waals surface area (Å²) in [4.78, 5) is 12.7. The number of hydrogen-bond donors (Lipinski definition) is 1. The Morgan fingerprint density at radius 2 is 1.92 bits per heavy atom. The van der Waals surface area contributed by atoms with Crippen LogP contribution in [0.4, 0.5) is 0 Å². The van der Waals surface area contributed by atoms with Crippen molar-refractivity contribution in [3.05, 3.63) is 66.3 Å². The molecule has 1 N–H and O–H groups in total. The van der Waals surface area contributed by atoms with Crippen LogP contribution in [-0.2, 0) is 13.1 Å². The van der Waals surface area contributed by atoms with Crippen molar-refractivity contribution < 1.29 is 0 Å². The molecule has 0 unspecified atom stereocenters. The van der Waals surface area contributed by atoms with Crippen LogP contribution in [0.3, 0.4) is 0 Å². The van der Waals surface area contributed by atoms with E-state index in [0.717, 1.165) is 34.8 Å². The van der Waals surface area contributed by atoms with Gasteiger partial charge in [-0.1, -0.05) is 6.07 Å². The SMILES string of the molecule is Cc1cc2ncc(CNCc3ccc(-n4cncn4)nc3)cn2n1.Cl. The van der Waals surface area contributed by atoms with Gasteiger partial charge in [-0.3, -0.25) is 0 Å². The van der Waals surface area contributed by atoms with Crippen molar-refractivity contribution >= 4 is 18.1 Å². The van der Waals surface area contributed by atoms with Crippen LogP contribution in [-0.4, -0.2) is 34.3 Å². The number of aromatic nitrogens is 7. The normalized spacial score (nSPS) is 10.8. The lowest BCUT2D eigenvalue weighted by atomic mass is 10.2. The summed E-state index contributed by atoms with van der Waals surface area (Å²) < 4.78 is 3.44. The van der Waals surface area contributed by atoms with Gasteiger partial charge in [0.05, 0.1) is 5.69 Å². The number of nitrogens with zero attached hydrogens (tertiary/aromatic N) is 7. The molecule has 0 radical (unpaired) electrons. The summed E-state index contributed by atoms with van der Waals surface area (Å²) in [5.74, 6) is 0.750. The van der Waals surface area contributed by atoms with Gasteiger partial charge in [0.25, 0.3) is 0 Å². The molecule has 4 aromatic heterocycles. The van der Waals surface area contributed by atoms with Crippen molar-refractivity contribution in [1.29, 1.82) is 0 Å². The van der Waals surface area contributed by atoms with Crippen molar-refractivity contribution in [3.8, 4) is 5.82 Å². The lowest BCUT2D eigenvalue weighted by Crippen LogP contribution is -2.14. The number of halogens is 1. The minimum Gasteiger partial charge on any atom is -0.308 e. The Bertz CT molecular complexity index is 946. The van der Waals surface area contributed by atoms with Crippen molar-refractivity contribution in [3.63, 3.8) is 0 Å². The Morgan fingerprint density at radius 1 is 1.08 bits per heavy atom. The van der Waals surface area contributed by atoms with E-state index in [-0.39, 0.29) is 12.4 Å². The molecule has 8 nitrogen and oxygen atoms in total. The van der Waals surface area contributed by atoms with Crippen molar-refractivity contribution in [2.75, 3.05) is 0 Å². The summed E-state index contributed by atoms with van der Waals surface area (Å²) in [5, 5.41) is 11.8. The number of hydrogen-bond acceptors (Lipinski definition) is 6. The summed E-state index contributed by atoms with van der Waals surface area (Å²) in [5.41, 5.74) is 4.01. The third-order valence-electron chi connectivity index (χ3n) is 3.61. The minimum absolute atomic E-state index is 0. The molecular formula is C16H17ClN8. The molecule has 9 heteroatoms. The maximum atomic E-state index is 4.40. The molecule has 4 heterocycles. The van der Waals surface area contributed by atoms with Gasteiger partial charge in [-0.05, 0) is 18.6 Å². The van der Waals surface area contributed by atoms with Gasteiger partial charge in [0, 0.05) is 43.3 Å².